The molecule has 0 bridgehead atoms. The quantitative estimate of drug-likeness (QED) is 0.866. The first-order chi connectivity index (χ1) is 9.22. The van der Waals surface area contributed by atoms with E-state index in [1.54, 1.807) is 18.4 Å². The molecule has 1 aromatic carbocycles. The monoisotopic (exact) mass is 262 g/mol. The van der Waals surface area contributed by atoms with Gasteiger partial charge in [-0.05, 0) is 49.9 Å². The van der Waals surface area contributed by atoms with Crippen molar-refractivity contribution in [3.8, 4) is 0 Å². The van der Waals surface area contributed by atoms with Crippen LogP contribution < -0.4 is 10.2 Å². The molecule has 0 unspecified atom stereocenters. The van der Waals surface area contributed by atoms with E-state index in [1.165, 1.54) is 0 Å². The van der Waals surface area contributed by atoms with Crippen LogP contribution in [-0.2, 0) is 13.1 Å². The Hall–Kier alpha value is -1.81. The van der Waals surface area contributed by atoms with Crippen LogP contribution in [0.4, 0.5) is 10.1 Å². The van der Waals surface area contributed by atoms with Crippen LogP contribution in [0.15, 0.2) is 41.0 Å². The van der Waals surface area contributed by atoms with Gasteiger partial charge in [0.2, 0.25) is 0 Å². The lowest BCUT2D eigenvalue weighted by Crippen LogP contribution is -2.22. The standard InChI is InChI=1S/C15H19FN2O/c1-3-18(11-15-5-4-6-19-15)14-8-12(10-17-2)7-13(16)9-14/h4-9,17H,3,10-11H2,1-2H3. The lowest BCUT2D eigenvalue weighted by molar-refractivity contribution is 0.503. The third kappa shape index (κ3) is 3.58. The first kappa shape index (κ1) is 13.6. The van der Waals surface area contributed by atoms with E-state index < -0.39 is 0 Å². The molecule has 0 radical (unpaired) electrons. The maximum atomic E-state index is 13.6. The second kappa shape index (κ2) is 6.38. The molecule has 2 rings (SSSR count). The summed E-state index contributed by atoms with van der Waals surface area (Å²) in [4.78, 5) is 2.08. The van der Waals surface area contributed by atoms with Crippen LogP contribution in [0.2, 0.25) is 0 Å². The molecule has 1 N–H and O–H groups in total. The zero-order chi connectivity index (χ0) is 13.7. The van der Waals surface area contributed by atoms with Gasteiger partial charge in [0.1, 0.15) is 11.6 Å². The summed E-state index contributed by atoms with van der Waals surface area (Å²) < 4.78 is 19.0. The normalized spacial score (nSPS) is 10.7. The van der Waals surface area contributed by atoms with Crippen molar-refractivity contribution in [2.75, 3.05) is 18.5 Å². The Kier molecular flexibility index (Phi) is 4.58. The van der Waals surface area contributed by atoms with Gasteiger partial charge in [-0.15, -0.1) is 0 Å². The van der Waals surface area contributed by atoms with E-state index in [1.807, 2.05) is 32.2 Å². The maximum absolute atomic E-state index is 13.6. The maximum Gasteiger partial charge on any atom is 0.125 e. The van der Waals surface area contributed by atoms with Crippen molar-refractivity contribution in [1.29, 1.82) is 0 Å². The van der Waals surface area contributed by atoms with Gasteiger partial charge in [-0.2, -0.15) is 0 Å². The average molecular weight is 262 g/mol. The lowest BCUT2D eigenvalue weighted by Gasteiger charge is -2.22. The number of nitrogens with zero attached hydrogens (tertiary/aromatic N) is 1. The zero-order valence-electron chi connectivity index (χ0n) is 11.3. The topological polar surface area (TPSA) is 28.4 Å². The minimum atomic E-state index is -0.208. The van der Waals surface area contributed by atoms with Crippen molar-refractivity contribution in [1.82, 2.24) is 5.32 Å². The Balaban J connectivity index is 2.21. The summed E-state index contributed by atoms with van der Waals surface area (Å²) in [6.07, 6.45) is 1.65. The highest BCUT2D eigenvalue weighted by Crippen LogP contribution is 2.21. The van der Waals surface area contributed by atoms with Crippen molar-refractivity contribution in [2.45, 2.75) is 20.0 Å². The van der Waals surface area contributed by atoms with Gasteiger partial charge in [0, 0.05) is 18.8 Å². The van der Waals surface area contributed by atoms with E-state index in [2.05, 4.69) is 10.2 Å². The van der Waals surface area contributed by atoms with Crippen molar-refractivity contribution in [3.63, 3.8) is 0 Å². The summed E-state index contributed by atoms with van der Waals surface area (Å²) in [5.74, 6) is 0.668. The molecule has 19 heavy (non-hydrogen) atoms. The molecular weight excluding hydrogens is 243 g/mol. The predicted molar refractivity (Wildman–Crippen MR) is 74.6 cm³/mol. The van der Waals surface area contributed by atoms with Crippen LogP contribution in [0, 0.1) is 5.82 Å². The Labute approximate surface area is 113 Å². The molecule has 2 aromatic rings. The first-order valence-corrected chi connectivity index (χ1v) is 6.44. The SMILES string of the molecule is CCN(Cc1ccco1)c1cc(F)cc(CNC)c1. The minimum absolute atomic E-state index is 0.208. The summed E-state index contributed by atoms with van der Waals surface area (Å²) in [6.45, 7) is 4.14. The number of hydrogen-bond acceptors (Lipinski definition) is 3. The Bertz CT molecular complexity index is 511. The number of benzene rings is 1. The van der Waals surface area contributed by atoms with Crippen LogP contribution in [0.25, 0.3) is 0 Å². The molecule has 0 saturated carbocycles. The Morgan fingerprint density at radius 1 is 1.32 bits per heavy atom. The molecule has 0 spiro atoms. The number of halogens is 1. The smallest absolute Gasteiger partial charge is 0.125 e. The second-order valence-electron chi connectivity index (χ2n) is 4.44. The average Bonchev–Trinajstić information content (AvgIpc) is 2.88. The molecule has 1 heterocycles. The molecule has 0 saturated heterocycles. The van der Waals surface area contributed by atoms with Crippen LogP contribution in [0.5, 0.6) is 0 Å². The predicted octanol–water partition coefficient (Wildman–Crippen LogP) is 3.16. The van der Waals surface area contributed by atoms with Gasteiger partial charge in [-0.1, -0.05) is 0 Å². The Morgan fingerprint density at radius 3 is 2.79 bits per heavy atom. The highest BCUT2D eigenvalue weighted by molar-refractivity contribution is 5.49. The van der Waals surface area contributed by atoms with E-state index in [0.717, 1.165) is 23.6 Å². The fourth-order valence-corrected chi connectivity index (χ4v) is 2.10. The van der Waals surface area contributed by atoms with E-state index in [9.17, 15) is 4.39 Å². The fraction of sp³-hybridized carbons (Fsp3) is 0.333. The molecule has 3 nitrogen and oxygen atoms in total. The summed E-state index contributed by atoms with van der Waals surface area (Å²) in [5, 5.41) is 3.04. The van der Waals surface area contributed by atoms with E-state index in [4.69, 9.17) is 4.42 Å². The van der Waals surface area contributed by atoms with Gasteiger partial charge < -0.3 is 14.6 Å². The molecule has 0 aliphatic heterocycles. The number of anilines is 1. The molecule has 102 valence electrons. The van der Waals surface area contributed by atoms with Gasteiger partial charge in [-0.25, -0.2) is 4.39 Å². The van der Waals surface area contributed by atoms with Gasteiger partial charge in [0.15, 0.2) is 0 Å². The third-order valence-corrected chi connectivity index (χ3v) is 3.00. The van der Waals surface area contributed by atoms with E-state index in [-0.39, 0.29) is 5.82 Å². The fourth-order valence-electron chi connectivity index (χ4n) is 2.10. The van der Waals surface area contributed by atoms with Crippen molar-refractivity contribution in [2.24, 2.45) is 0 Å². The molecule has 0 atom stereocenters. The molecular formula is C15H19FN2O. The largest absolute Gasteiger partial charge is 0.467 e. The molecule has 0 fully saturated rings. The molecule has 1 aromatic heterocycles. The van der Waals surface area contributed by atoms with E-state index >= 15 is 0 Å². The number of hydrogen-bond donors (Lipinski definition) is 1. The van der Waals surface area contributed by atoms with Crippen molar-refractivity contribution >= 4 is 5.69 Å². The molecule has 0 aliphatic carbocycles. The van der Waals surface area contributed by atoms with E-state index in [0.29, 0.717) is 13.1 Å². The number of rotatable bonds is 6. The van der Waals surface area contributed by atoms with Crippen molar-refractivity contribution in [3.05, 3.63) is 53.7 Å². The molecule has 0 amide bonds. The van der Waals surface area contributed by atoms with Crippen LogP contribution in [0.1, 0.15) is 18.2 Å². The van der Waals surface area contributed by atoms with Crippen LogP contribution >= 0.6 is 0 Å². The zero-order valence-corrected chi connectivity index (χ0v) is 11.3. The van der Waals surface area contributed by atoms with Gasteiger partial charge in [0.25, 0.3) is 0 Å². The van der Waals surface area contributed by atoms with Gasteiger partial charge in [0.05, 0.1) is 12.8 Å². The van der Waals surface area contributed by atoms with Gasteiger partial charge in [-0.3, -0.25) is 0 Å². The summed E-state index contributed by atoms with van der Waals surface area (Å²) in [5.41, 5.74) is 1.82. The lowest BCUT2D eigenvalue weighted by atomic mass is 10.1. The third-order valence-electron chi connectivity index (χ3n) is 3.00. The molecule has 0 aliphatic rings. The Morgan fingerprint density at radius 2 is 2.16 bits per heavy atom. The summed E-state index contributed by atoms with van der Waals surface area (Å²) >= 11 is 0. The van der Waals surface area contributed by atoms with Crippen LogP contribution in [-0.4, -0.2) is 13.6 Å². The number of furan rings is 1. The number of nitrogens with one attached hydrogen (secondary N) is 1. The second-order valence-corrected chi connectivity index (χ2v) is 4.44. The summed E-state index contributed by atoms with van der Waals surface area (Å²) in [6, 6.07) is 8.91. The summed E-state index contributed by atoms with van der Waals surface area (Å²) in [7, 11) is 1.85. The van der Waals surface area contributed by atoms with Crippen LogP contribution in [0.3, 0.4) is 0 Å². The van der Waals surface area contributed by atoms with Gasteiger partial charge >= 0.3 is 0 Å². The highest BCUT2D eigenvalue weighted by atomic mass is 19.1. The minimum Gasteiger partial charge on any atom is -0.467 e. The molecule has 4 heteroatoms. The first-order valence-electron chi connectivity index (χ1n) is 6.44. The van der Waals surface area contributed by atoms with Crippen molar-refractivity contribution < 1.29 is 8.81 Å². The highest BCUT2D eigenvalue weighted by Gasteiger charge is 2.09.